The highest BCUT2D eigenvalue weighted by molar-refractivity contribution is 5.98. The highest BCUT2D eigenvalue weighted by Crippen LogP contribution is 2.32. The van der Waals surface area contributed by atoms with Gasteiger partial charge >= 0.3 is 0 Å². The van der Waals surface area contributed by atoms with Crippen LogP contribution in [-0.2, 0) is 4.79 Å². The van der Waals surface area contributed by atoms with Crippen molar-refractivity contribution in [2.75, 3.05) is 5.32 Å². The first-order valence-electron chi connectivity index (χ1n) is 11.2. The number of aryl methyl sites for hydroxylation is 1. The molecule has 10 nitrogen and oxygen atoms in total. The number of pyridine rings is 3. The van der Waals surface area contributed by atoms with Crippen molar-refractivity contribution in [1.82, 2.24) is 39.7 Å². The lowest BCUT2D eigenvalue weighted by atomic mass is 10.1. The molecule has 0 aliphatic carbocycles. The van der Waals surface area contributed by atoms with Crippen molar-refractivity contribution in [1.29, 1.82) is 0 Å². The Morgan fingerprint density at radius 2 is 1.89 bits per heavy atom. The summed E-state index contributed by atoms with van der Waals surface area (Å²) in [5.74, 6) is -0.0667. The number of nitrogens with zero attached hydrogens (tertiary/aromatic N) is 6. The van der Waals surface area contributed by atoms with E-state index in [9.17, 15) is 4.79 Å². The lowest BCUT2D eigenvalue weighted by molar-refractivity contribution is -0.115. The molecular formula is C25H21N9O. The van der Waals surface area contributed by atoms with Crippen LogP contribution >= 0.6 is 0 Å². The van der Waals surface area contributed by atoms with Crippen molar-refractivity contribution < 1.29 is 4.79 Å². The van der Waals surface area contributed by atoms with Gasteiger partial charge in [-0.3, -0.25) is 24.8 Å². The summed E-state index contributed by atoms with van der Waals surface area (Å²) < 4.78 is 1.96. The van der Waals surface area contributed by atoms with E-state index in [0.717, 1.165) is 55.8 Å². The first-order valence-corrected chi connectivity index (χ1v) is 11.2. The minimum absolute atomic E-state index is 0.0667. The van der Waals surface area contributed by atoms with Gasteiger partial charge < -0.3 is 14.9 Å². The molecule has 0 saturated heterocycles. The predicted octanol–water partition coefficient (Wildman–Crippen LogP) is 4.41. The van der Waals surface area contributed by atoms with Gasteiger partial charge in [-0.25, -0.2) is 4.98 Å². The van der Waals surface area contributed by atoms with Crippen LogP contribution in [-0.4, -0.2) is 45.6 Å². The number of imidazole rings is 1. The Morgan fingerprint density at radius 3 is 2.71 bits per heavy atom. The molecule has 0 radical (unpaired) electrons. The van der Waals surface area contributed by atoms with Gasteiger partial charge in [-0.1, -0.05) is 6.92 Å². The maximum absolute atomic E-state index is 11.8. The van der Waals surface area contributed by atoms with Crippen LogP contribution in [0.2, 0.25) is 0 Å². The van der Waals surface area contributed by atoms with Crippen LogP contribution in [0.5, 0.6) is 0 Å². The summed E-state index contributed by atoms with van der Waals surface area (Å²) >= 11 is 0. The fourth-order valence-electron chi connectivity index (χ4n) is 4.10. The van der Waals surface area contributed by atoms with Gasteiger partial charge in [-0.15, -0.1) is 0 Å². The minimum atomic E-state index is -0.0667. The molecule has 1 amide bonds. The lowest BCUT2D eigenvalue weighted by Crippen LogP contribution is -2.09. The molecular weight excluding hydrogens is 442 g/mol. The topological polar surface area (TPSA) is 130 Å². The third-order valence-corrected chi connectivity index (χ3v) is 5.86. The molecule has 0 fully saturated rings. The molecule has 6 aromatic heterocycles. The van der Waals surface area contributed by atoms with Crippen LogP contribution in [0.3, 0.4) is 0 Å². The number of amides is 1. The van der Waals surface area contributed by atoms with E-state index in [1.54, 1.807) is 31.1 Å². The summed E-state index contributed by atoms with van der Waals surface area (Å²) in [5, 5.41) is 12.4. The molecule has 0 unspecified atom stereocenters. The van der Waals surface area contributed by atoms with Gasteiger partial charge in [0, 0.05) is 35.2 Å². The highest BCUT2D eigenvalue weighted by Gasteiger charge is 2.15. The molecule has 35 heavy (non-hydrogen) atoms. The Kier molecular flexibility index (Phi) is 4.84. The molecule has 0 spiro atoms. The maximum atomic E-state index is 11.8. The summed E-state index contributed by atoms with van der Waals surface area (Å²) in [6.45, 7) is 3.76. The first kappa shape index (κ1) is 20.7. The number of anilines is 1. The zero-order valence-electron chi connectivity index (χ0n) is 19.1. The first-order chi connectivity index (χ1) is 17.1. The highest BCUT2D eigenvalue weighted by atomic mass is 16.1. The van der Waals surface area contributed by atoms with Crippen LogP contribution in [0.25, 0.3) is 50.1 Å². The molecule has 172 valence electrons. The normalized spacial score (nSPS) is 11.4. The number of carbonyl (C=O) groups excluding carboxylic acids is 1. The molecule has 6 heterocycles. The van der Waals surface area contributed by atoms with Crippen molar-refractivity contribution >= 4 is 33.4 Å². The van der Waals surface area contributed by atoms with E-state index in [1.165, 1.54) is 0 Å². The standard InChI is InChI=1S/C25H21N9O/c1-3-24(35)30-16-4-15(7-26-8-16)19-6-18-22(10-28-19)32-33-25(18)20-5-17-21(31-20)9-27-11-23(17)34-12-14(2)29-13-34/h4-13,31H,3H2,1-2H3,(H,30,35)(H,32,33). The third-order valence-electron chi connectivity index (χ3n) is 5.86. The summed E-state index contributed by atoms with van der Waals surface area (Å²) in [5.41, 5.74) is 7.38. The zero-order valence-corrected chi connectivity index (χ0v) is 19.1. The van der Waals surface area contributed by atoms with Gasteiger partial charge in [-0.2, -0.15) is 5.10 Å². The number of hydrogen-bond donors (Lipinski definition) is 3. The number of rotatable bonds is 5. The molecule has 3 N–H and O–H groups in total. The summed E-state index contributed by atoms with van der Waals surface area (Å²) in [6, 6.07) is 5.91. The summed E-state index contributed by atoms with van der Waals surface area (Å²) in [7, 11) is 0. The monoisotopic (exact) mass is 463 g/mol. The second-order valence-corrected chi connectivity index (χ2v) is 8.28. The molecule has 6 aromatic rings. The lowest BCUT2D eigenvalue weighted by Gasteiger charge is -2.06. The van der Waals surface area contributed by atoms with Crippen molar-refractivity contribution in [3.8, 4) is 28.3 Å². The molecule has 0 atom stereocenters. The number of nitrogens with one attached hydrogen (secondary N) is 3. The van der Waals surface area contributed by atoms with Crippen LogP contribution in [0.15, 0.2) is 61.7 Å². The minimum Gasteiger partial charge on any atom is -0.352 e. The molecule has 6 rings (SSSR count). The quantitative estimate of drug-likeness (QED) is 0.347. The number of aromatic nitrogens is 8. The van der Waals surface area contributed by atoms with Crippen LogP contribution < -0.4 is 5.32 Å². The second-order valence-electron chi connectivity index (χ2n) is 8.28. The Hall–Kier alpha value is -4.86. The number of carbonyl (C=O) groups is 1. The van der Waals surface area contributed by atoms with E-state index in [0.29, 0.717) is 12.1 Å². The average Bonchev–Trinajstić information content (AvgIpc) is 3.61. The SMILES string of the molecule is CCC(=O)Nc1cncc(-c2cc3c(-c4cc5c(-n6cnc(C)c6)cncc5[nH]4)n[nH]c3cn2)c1. The number of aromatic amines is 2. The van der Waals surface area contributed by atoms with Gasteiger partial charge in [0.05, 0.1) is 70.6 Å². The Bertz CT molecular complexity index is 1710. The second kappa shape index (κ2) is 8.17. The van der Waals surface area contributed by atoms with Gasteiger partial charge in [-0.05, 0) is 25.1 Å². The van der Waals surface area contributed by atoms with Gasteiger partial charge in [0.25, 0.3) is 0 Å². The van der Waals surface area contributed by atoms with Crippen LogP contribution in [0, 0.1) is 6.92 Å². The fraction of sp³-hybridized carbons (Fsp3) is 0.120. The predicted molar refractivity (Wildman–Crippen MR) is 133 cm³/mol. The fourth-order valence-corrected chi connectivity index (χ4v) is 4.10. The molecule has 0 aliphatic rings. The van der Waals surface area contributed by atoms with Crippen molar-refractivity contribution in [2.24, 2.45) is 0 Å². The average molecular weight is 464 g/mol. The molecule has 0 aromatic carbocycles. The van der Waals surface area contributed by atoms with E-state index in [2.05, 4.69) is 46.5 Å². The number of fused-ring (bicyclic) bond motifs is 2. The van der Waals surface area contributed by atoms with E-state index in [4.69, 9.17) is 0 Å². The zero-order chi connectivity index (χ0) is 23.9. The smallest absolute Gasteiger partial charge is 0.224 e. The summed E-state index contributed by atoms with van der Waals surface area (Å²) in [6.07, 6.45) is 12.9. The largest absolute Gasteiger partial charge is 0.352 e. The van der Waals surface area contributed by atoms with E-state index >= 15 is 0 Å². The van der Waals surface area contributed by atoms with Gasteiger partial charge in [0.1, 0.15) is 5.69 Å². The molecule has 0 bridgehead atoms. The Balaban J connectivity index is 1.43. The molecule has 0 aliphatic heterocycles. The van der Waals surface area contributed by atoms with E-state index < -0.39 is 0 Å². The van der Waals surface area contributed by atoms with E-state index in [1.807, 2.05) is 42.9 Å². The van der Waals surface area contributed by atoms with Crippen LogP contribution in [0.4, 0.5) is 5.69 Å². The van der Waals surface area contributed by atoms with Crippen molar-refractivity contribution in [3.05, 3.63) is 67.4 Å². The van der Waals surface area contributed by atoms with E-state index in [-0.39, 0.29) is 5.91 Å². The molecule has 10 heteroatoms. The number of hydrogen-bond acceptors (Lipinski definition) is 6. The Morgan fingerprint density at radius 1 is 1.00 bits per heavy atom. The van der Waals surface area contributed by atoms with Crippen molar-refractivity contribution in [3.63, 3.8) is 0 Å². The van der Waals surface area contributed by atoms with Crippen molar-refractivity contribution in [2.45, 2.75) is 20.3 Å². The third kappa shape index (κ3) is 3.70. The van der Waals surface area contributed by atoms with Gasteiger partial charge in [0.2, 0.25) is 5.91 Å². The van der Waals surface area contributed by atoms with Crippen LogP contribution in [0.1, 0.15) is 19.0 Å². The maximum Gasteiger partial charge on any atom is 0.224 e. The van der Waals surface area contributed by atoms with Gasteiger partial charge in [0.15, 0.2) is 0 Å². The number of H-pyrrole nitrogens is 2. The molecule has 0 saturated carbocycles. The summed E-state index contributed by atoms with van der Waals surface area (Å²) in [4.78, 5) is 32.8. The Labute approximate surface area is 199 Å².